The molecule has 0 amide bonds. The molecule has 0 unspecified atom stereocenters. The molecule has 0 saturated carbocycles. The Balaban J connectivity index is 3.12. The second kappa shape index (κ2) is 3.77. The molecule has 5 heteroatoms. The van der Waals surface area contributed by atoms with Crippen LogP contribution < -0.4 is 16.5 Å². The van der Waals surface area contributed by atoms with Crippen molar-refractivity contribution in [3.8, 4) is 5.75 Å². The predicted molar refractivity (Wildman–Crippen MR) is 48.5 cm³/mol. The molecular formula is C8H11N3O2. The van der Waals surface area contributed by atoms with Crippen LogP contribution in [0.1, 0.15) is 11.1 Å². The summed E-state index contributed by atoms with van der Waals surface area (Å²) in [5.41, 5.74) is 6.90. The molecule has 1 rings (SSSR count). The number of benzene rings is 1. The van der Waals surface area contributed by atoms with Gasteiger partial charge < -0.3 is 15.8 Å². The van der Waals surface area contributed by atoms with Gasteiger partial charge >= 0.3 is 0 Å². The van der Waals surface area contributed by atoms with Crippen LogP contribution in [0.4, 0.5) is 0 Å². The molecule has 5 N–H and O–H groups in total. The molecule has 1 aromatic carbocycles. The van der Waals surface area contributed by atoms with Crippen LogP contribution >= 0.6 is 0 Å². The number of amidine groups is 1. The first kappa shape index (κ1) is 9.34. The second-order valence-electron chi connectivity index (χ2n) is 2.58. The molecule has 0 aromatic heterocycles. The maximum absolute atomic E-state index is 8.45. The Bertz CT molecular complexity index is 336. The summed E-state index contributed by atoms with van der Waals surface area (Å²) in [6.07, 6.45) is 0. The van der Waals surface area contributed by atoms with Crippen molar-refractivity contribution < 1.29 is 10.0 Å². The van der Waals surface area contributed by atoms with E-state index in [9.17, 15) is 0 Å². The third kappa shape index (κ3) is 1.88. The molecule has 13 heavy (non-hydrogen) atoms. The van der Waals surface area contributed by atoms with Crippen molar-refractivity contribution in [2.75, 3.05) is 0 Å². The van der Waals surface area contributed by atoms with Crippen molar-refractivity contribution >= 4 is 5.84 Å². The number of oxime groups is 1. The number of aryl methyl sites for hydroxylation is 1. The quantitative estimate of drug-likeness (QED) is 0.265. The van der Waals surface area contributed by atoms with Gasteiger partial charge in [0.2, 0.25) is 0 Å². The Hall–Kier alpha value is -1.75. The average Bonchev–Trinajstić information content (AvgIpc) is 2.16. The van der Waals surface area contributed by atoms with Crippen LogP contribution in [0.5, 0.6) is 5.75 Å². The maximum Gasteiger partial charge on any atom is 0.170 e. The SMILES string of the molecule is Cc1cc(ON)ccc1C(N)=NO. The first-order chi connectivity index (χ1) is 6.19. The summed E-state index contributed by atoms with van der Waals surface area (Å²) < 4.78 is 0. The van der Waals surface area contributed by atoms with E-state index in [1.807, 2.05) is 6.92 Å². The standard InChI is InChI=1S/C8H11N3O2/c1-5-4-6(13-10)2-3-7(5)8(9)11-12/h2-4,12H,10H2,1H3,(H2,9,11). The van der Waals surface area contributed by atoms with E-state index >= 15 is 0 Å². The van der Waals surface area contributed by atoms with Gasteiger partial charge in [0.1, 0.15) is 5.75 Å². The van der Waals surface area contributed by atoms with Crippen molar-refractivity contribution in [1.29, 1.82) is 0 Å². The summed E-state index contributed by atoms with van der Waals surface area (Å²) in [5.74, 6) is 5.57. The van der Waals surface area contributed by atoms with Crippen LogP contribution in [-0.2, 0) is 0 Å². The highest BCUT2D eigenvalue weighted by Crippen LogP contribution is 2.15. The summed E-state index contributed by atoms with van der Waals surface area (Å²) in [5, 5.41) is 11.3. The van der Waals surface area contributed by atoms with E-state index in [1.54, 1.807) is 18.2 Å². The van der Waals surface area contributed by atoms with Crippen LogP contribution in [0, 0.1) is 6.92 Å². The Morgan fingerprint density at radius 1 is 1.54 bits per heavy atom. The van der Waals surface area contributed by atoms with Crippen LogP contribution in [0.15, 0.2) is 23.4 Å². The van der Waals surface area contributed by atoms with Crippen LogP contribution in [0.3, 0.4) is 0 Å². The lowest BCUT2D eigenvalue weighted by atomic mass is 10.1. The first-order valence-corrected chi connectivity index (χ1v) is 3.64. The largest absolute Gasteiger partial charge is 0.412 e. The van der Waals surface area contributed by atoms with E-state index in [0.29, 0.717) is 11.3 Å². The smallest absolute Gasteiger partial charge is 0.170 e. The van der Waals surface area contributed by atoms with Crippen molar-refractivity contribution in [2.45, 2.75) is 6.92 Å². The van der Waals surface area contributed by atoms with Crippen molar-refractivity contribution in [3.05, 3.63) is 29.3 Å². The number of nitrogens with two attached hydrogens (primary N) is 2. The molecule has 5 nitrogen and oxygen atoms in total. The molecule has 70 valence electrons. The van der Waals surface area contributed by atoms with E-state index in [4.69, 9.17) is 16.8 Å². The number of hydrogen-bond donors (Lipinski definition) is 3. The van der Waals surface area contributed by atoms with Gasteiger partial charge in [-0.3, -0.25) is 0 Å². The van der Waals surface area contributed by atoms with Crippen LogP contribution in [-0.4, -0.2) is 11.0 Å². The minimum atomic E-state index is 0.0704. The molecule has 0 spiro atoms. The first-order valence-electron chi connectivity index (χ1n) is 3.64. The average molecular weight is 181 g/mol. The van der Waals surface area contributed by atoms with E-state index in [2.05, 4.69) is 9.99 Å². The Morgan fingerprint density at radius 3 is 2.69 bits per heavy atom. The molecule has 1 aromatic rings. The molecule has 0 radical (unpaired) electrons. The summed E-state index contributed by atoms with van der Waals surface area (Å²) in [6.45, 7) is 1.82. The van der Waals surface area contributed by atoms with Gasteiger partial charge in [0.05, 0.1) is 0 Å². The summed E-state index contributed by atoms with van der Waals surface area (Å²) in [7, 11) is 0. The van der Waals surface area contributed by atoms with Gasteiger partial charge in [-0.15, -0.1) is 0 Å². The molecule has 0 heterocycles. The maximum atomic E-state index is 8.45. The van der Waals surface area contributed by atoms with Crippen LogP contribution in [0.25, 0.3) is 0 Å². The zero-order valence-corrected chi connectivity index (χ0v) is 7.19. The molecule has 0 aliphatic heterocycles. The van der Waals surface area contributed by atoms with Gasteiger partial charge in [0.25, 0.3) is 0 Å². The normalized spacial score (nSPS) is 11.4. The van der Waals surface area contributed by atoms with Crippen molar-refractivity contribution in [3.63, 3.8) is 0 Å². The lowest BCUT2D eigenvalue weighted by Gasteiger charge is -2.05. The fourth-order valence-electron chi connectivity index (χ4n) is 1.05. The molecule has 0 aliphatic rings. The van der Waals surface area contributed by atoms with Gasteiger partial charge in [0.15, 0.2) is 5.84 Å². The van der Waals surface area contributed by atoms with Crippen LogP contribution in [0.2, 0.25) is 0 Å². The molecular weight excluding hydrogens is 170 g/mol. The lowest BCUT2D eigenvalue weighted by Crippen LogP contribution is -2.14. The zero-order chi connectivity index (χ0) is 9.84. The topological polar surface area (TPSA) is 93.9 Å². The van der Waals surface area contributed by atoms with Gasteiger partial charge in [-0.1, -0.05) is 5.16 Å². The molecule has 0 aliphatic carbocycles. The molecule has 0 bridgehead atoms. The van der Waals surface area contributed by atoms with E-state index in [0.717, 1.165) is 5.56 Å². The molecule has 0 atom stereocenters. The van der Waals surface area contributed by atoms with Crippen molar-refractivity contribution in [1.82, 2.24) is 0 Å². The Morgan fingerprint density at radius 2 is 2.23 bits per heavy atom. The van der Waals surface area contributed by atoms with Gasteiger partial charge in [-0.05, 0) is 30.7 Å². The monoisotopic (exact) mass is 181 g/mol. The highest BCUT2D eigenvalue weighted by molar-refractivity contribution is 5.98. The Kier molecular flexibility index (Phi) is 2.71. The third-order valence-corrected chi connectivity index (χ3v) is 1.72. The zero-order valence-electron chi connectivity index (χ0n) is 7.19. The minimum Gasteiger partial charge on any atom is -0.412 e. The molecule has 0 fully saturated rings. The fraction of sp³-hybridized carbons (Fsp3) is 0.125. The minimum absolute atomic E-state index is 0.0704. The van der Waals surface area contributed by atoms with Gasteiger partial charge in [-0.2, -0.15) is 5.90 Å². The number of rotatable bonds is 2. The van der Waals surface area contributed by atoms with Gasteiger partial charge in [0, 0.05) is 5.56 Å². The highest BCUT2D eigenvalue weighted by atomic mass is 16.6. The van der Waals surface area contributed by atoms with E-state index in [-0.39, 0.29) is 5.84 Å². The summed E-state index contributed by atoms with van der Waals surface area (Å²) >= 11 is 0. The van der Waals surface area contributed by atoms with Crippen molar-refractivity contribution in [2.24, 2.45) is 16.8 Å². The fourth-order valence-corrected chi connectivity index (χ4v) is 1.05. The predicted octanol–water partition coefficient (Wildman–Crippen LogP) is 0.342. The number of hydrogen-bond acceptors (Lipinski definition) is 4. The number of nitrogens with zero attached hydrogens (tertiary/aromatic N) is 1. The Labute approximate surface area is 75.6 Å². The van der Waals surface area contributed by atoms with E-state index in [1.165, 1.54) is 0 Å². The van der Waals surface area contributed by atoms with Gasteiger partial charge in [-0.25, -0.2) is 0 Å². The second-order valence-corrected chi connectivity index (χ2v) is 2.58. The lowest BCUT2D eigenvalue weighted by molar-refractivity contribution is 0.318. The summed E-state index contributed by atoms with van der Waals surface area (Å²) in [6, 6.07) is 5.01. The summed E-state index contributed by atoms with van der Waals surface area (Å²) in [4.78, 5) is 4.52. The third-order valence-electron chi connectivity index (χ3n) is 1.72. The highest BCUT2D eigenvalue weighted by Gasteiger charge is 2.04. The molecule has 0 saturated heterocycles. The van der Waals surface area contributed by atoms with E-state index < -0.39 is 0 Å².